The topological polar surface area (TPSA) is 50.4 Å². The Labute approximate surface area is 138 Å². The van der Waals surface area contributed by atoms with Crippen molar-refractivity contribution in [2.45, 2.75) is 51.3 Å². The van der Waals surface area contributed by atoms with E-state index in [1.807, 2.05) is 18.2 Å². The van der Waals surface area contributed by atoms with Gasteiger partial charge in [0.1, 0.15) is 0 Å². The van der Waals surface area contributed by atoms with Crippen LogP contribution >= 0.6 is 12.4 Å². The molecule has 0 saturated heterocycles. The smallest absolute Gasteiger partial charge is 0.251 e. The summed E-state index contributed by atoms with van der Waals surface area (Å²) in [7, 11) is 0. The predicted octanol–water partition coefficient (Wildman–Crippen LogP) is 2.79. The average Bonchev–Trinajstić information content (AvgIpc) is 3.00. The zero-order chi connectivity index (χ0) is 14.5. The fourth-order valence-corrected chi connectivity index (χ4v) is 3.16. The predicted molar refractivity (Wildman–Crippen MR) is 89.4 cm³/mol. The van der Waals surface area contributed by atoms with Gasteiger partial charge in [-0.3, -0.25) is 4.79 Å². The number of hydrogen-bond donors (Lipinski definition) is 2. The van der Waals surface area contributed by atoms with Crippen LogP contribution in [0.15, 0.2) is 18.2 Å². The lowest BCUT2D eigenvalue weighted by molar-refractivity contribution is 0.0299. The molecule has 1 saturated carbocycles. The second-order valence-corrected chi connectivity index (χ2v) is 5.97. The van der Waals surface area contributed by atoms with E-state index in [0.29, 0.717) is 19.3 Å². The molecule has 22 heavy (non-hydrogen) atoms. The Hall–Kier alpha value is -1.10. The molecule has 2 aliphatic rings. The number of halogens is 1. The number of carbonyl (C=O) groups is 1. The molecule has 4 nitrogen and oxygen atoms in total. The SMILES string of the molecule is Cl.O=C(NCCOC1CCCCC1)c1ccc2c(c1)CNC2. The summed E-state index contributed by atoms with van der Waals surface area (Å²) in [6, 6.07) is 5.94. The highest BCUT2D eigenvalue weighted by molar-refractivity contribution is 5.94. The summed E-state index contributed by atoms with van der Waals surface area (Å²) < 4.78 is 5.82. The van der Waals surface area contributed by atoms with Crippen molar-refractivity contribution in [2.24, 2.45) is 0 Å². The van der Waals surface area contributed by atoms with Gasteiger partial charge in [0.2, 0.25) is 0 Å². The van der Waals surface area contributed by atoms with E-state index in [1.165, 1.54) is 43.2 Å². The lowest BCUT2D eigenvalue weighted by atomic mass is 9.98. The third-order valence-corrected chi connectivity index (χ3v) is 4.39. The Kier molecular flexibility index (Phi) is 6.68. The van der Waals surface area contributed by atoms with E-state index in [4.69, 9.17) is 4.74 Å². The monoisotopic (exact) mass is 324 g/mol. The van der Waals surface area contributed by atoms with Gasteiger partial charge in [-0.05, 0) is 36.1 Å². The van der Waals surface area contributed by atoms with Crippen molar-refractivity contribution < 1.29 is 9.53 Å². The van der Waals surface area contributed by atoms with Gasteiger partial charge in [0.05, 0.1) is 12.7 Å². The van der Waals surface area contributed by atoms with Crippen LogP contribution in [0.25, 0.3) is 0 Å². The van der Waals surface area contributed by atoms with Crippen LogP contribution in [0.4, 0.5) is 0 Å². The van der Waals surface area contributed by atoms with E-state index in [0.717, 1.165) is 18.7 Å². The van der Waals surface area contributed by atoms with Gasteiger partial charge < -0.3 is 15.4 Å². The van der Waals surface area contributed by atoms with E-state index in [-0.39, 0.29) is 18.3 Å². The van der Waals surface area contributed by atoms with Crippen molar-refractivity contribution in [2.75, 3.05) is 13.2 Å². The standard InChI is InChI=1S/C17H24N2O2.ClH/c20-17(13-6-7-14-11-18-12-15(14)10-13)19-8-9-21-16-4-2-1-3-5-16;/h6-7,10,16,18H,1-5,8-9,11-12H2,(H,19,20);1H. The number of carbonyl (C=O) groups excluding carboxylic acids is 1. The number of nitrogens with one attached hydrogen (secondary N) is 2. The Morgan fingerprint density at radius 1 is 1.18 bits per heavy atom. The third-order valence-electron chi connectivity index (χ3n) is 4.39. The highest BCUT2D eigenvalue weighted by atomic mass is 35.5. The molecule has 1 fully saturated rings. The summed E-state index contributed by atoms with van der Waals surface area (Å²) in [4.78, 5) is 12.1. The van der Waals surface area contributed by atoms with Gasteiger partial charge in [-0.2, -0.15) is 0 Å². The van der Waals surface area contributed by atoms with Gasteiger partial charge in [0.15, 0.2) is 0 Å². The number of ether oxygens (including phenoxy) is 1. The van der Waals surface area contributed by atoms with Crippen molar-refractivity contribution in [3.8, 4) is 0 Å². The minimum atomic E-state index is -0.00283. The van der Waals surface area contributed by atoms with Crippen LogP contribution in [-0.4, -0.2) is 25.2 Å². The second-order valence-electron chi connectivity index (χ2n) is 5.97. The van der Waals surface area contributed by atoms with Gasteiger partial charge in [0.25, 0.3) is 5.91 Å². The molecule has 1 heterocycles. The Morgan fingerprint density at radius 2 is 1.95 bits per heavy atom. The first kappa shape index (κ1) is 17.3. The molecule has 0 radical (unpaired) electrons. The van der Waals surface area contributed by atoms with Crippen molar-refractivity contribution in [3.63, 3.8) is 0 Å². The molecule has 1 aliphatic carbocycles. The Balaban J connectivity index is 0.00000176. The maximum atomic E-state index is 12.1. The lowest BCUT2D eigenvalue weighted by Crippen LogP contribution is -2.29. The number of rotatable bonds is 5. The molecule has 0 atom stereocenters. The van der Waals surface area contributed by atoms with Crippen LogP contribution < -0.4 is 10.6 Å². The first-order valence-corrected chi connectivity index (χ1v) is 8.05. The van der Waals surface area contributed by atoms with Crippen LogP contribution in [0.2, 0.25) is 0 Å². The molecule has 1 amide bonds. The fraction of sp³-hybridized carbons (Fsp3) is 0.588. The number of benzene rings is 1. The highest BCUT2D eigenvalue weighted by Crippen LogP contribution is 2.20. The summed E-state index contributed by atoms with van der Waals surface area (Å²) in [5.74, 6) is -0.00283. The number of amides is 1. The zero-order valence-corrected chi connectivity index (χ0v) is 13.7. The van der Waals surface area contributed by atoms with E-state index in [9.17, 15) is 4.79 Å². The highest BCUT2D eigenvalue weighted by Gasteiger charge is 2.15. The molecule has 3 rings (SSSR count). The van der Waals surface area contributed by atoms with Crippen molar-refractivity contribution in [1.29, 1.82) is 0 Å². The largest absolute Gasteiger partial charge is 0.376 e. The van der Waals surface area contributed by atoms with E-state index in [2.05, 4.69) is 10.6 Å². The third kappa shape index (κ3) is 4.45. The fourth-order valence-electron chi connectivity index (χ4n) is 3.16. The van der Waals surface area contributed by atoms with Gasteiger partial charge in [-0.1, -0.05) is 25.3 Å². The molecular weight excluding hydrogens is 300 g/mol. The van der Waals surface area contributed by atoms with Crippen molar-refractivity contribution in [3.05, 3.63) is 34.9 Å². The zero-order valence-electron chi connectivity index (χ0n) is 12.9. The summed E-state index contributed by atoms with van der Waals surface area (Å²) in [6.45, 7) is 2.97. The van der Waals surface area contributed by atoms with Crippen LogP contribution in [-0.2, 0) is 17.8 Å². The Morgan fingerprint density at radius 3 is 2.77 bits per heavy atom. The quantitative estimate of drug-likeness (QED) is 0.819. The summed E-state index contributed by atoms with van der Waals surface area (Å²) >= 11 is 0. The van der Waals surface area contributed by atoms with Gasteiger partial charge >= 0.3 is 0 Å². The molecule has 122 valence electrons. The van der Waals surface area contributed by atoms with E-state index >= 15 is 0 Å². The normalized spacial score (nSPS) is 17.6. The van der Waals surface area contributed by atoms with Gasteiger partial charge in [0, 0.05) is 25.2 Å². The van der Waals surface area contributed by atoms with Crippen LogP contribution in [0.3, 0.4) is 0 Å². The molecular formula is C17H25ClN2O2. The summed E-state index contributed by atoms with van der Waals surface area (Å²) in [5, 5.41) is 6.24. The van der Waals surface area contributed by atoms with Crippen LogP contribution in [0.1, 0.15) is 53.6 Å². The van der Waals surface area contributed by atoms with Crippen molar-refractivity contribution in [1.82, 2.24) is 10.6 Å². The second kappa shape index (κ2) is 8.51. The Bertz CT molecular complexity index is 501. The maximum absolute atomic E-state index is 12.1. The number of fused-ring (bicyclic) bond motifs is 1. The van der Waals surface area contributed by atoms with E-state index in [1.54, 1.807) is 0 Å². The number of hydrogen-bond acceptors (Lipinski definition) is 3. The van der Waals surface area contributed by atoms with Crippen LogP contribution in [0.5, 0.6) is 0 Å². The molecule has 0 bridgehead atoms. The van der Waals surface area contributed by atoms with Gasteiger partial charge in [-0.15, -0.1) is 12.4 Å². The lowest BCUT2D eigenvalue weighted by Gasteiger charge is -2.22. The molecule has 2 N–H and O–H groups in total. The minimum Gasteiger partial charge on any atom is -0.376 e. The minimum absolute atomic E-state index is 0. The first-order chi connectivity index (χ1) is 10.3. The molecule has 0 spiro atoms. The van der Waals surface area contributed by atoms with Gasteiger partial charge in [-0.25, -0.2) is 0 Å². The average molecular weight is 325 g/mol. The molecule has 1 aliphatic heterocycles. The van der Waals surface area contributed by atoms with Crippen molar-refractivity contribution >= 4 is 18.3 Å². The molecule has 1 aromatic rings. The maximum Gasteiger partial charge on any atom is 0.251 e. The van der Waals surface area contributed by atoms with Crippen LogP contribution in [0, 0.1) is 0 Å². The summed E-state index contributed by atoms with van der Waals surface area (Å²) in [6.07, 6.45) is 6.64. The first-order valence-electron chi connectivity index (χ1n) is 8.05. The molecule has 5 heteroatoms. The van der Waals surface area contributed by atoms with E-state index < -0.39 is 0 Å². The molecule has 0 unspecified atom stereocenters. The molecule has 1 aromatic carbocycles. The summed E-state index contributed by atoms with van der Waals surface area (Å²) in [5.41, 5.74) is 3.28. The molecule has 0 aromatic heterocycles.